The summed E-state index contributed by atoms with van der Waals surface area (Å²) in [5, 5.41) is 1.14. The average molecular weight is 345 g/mol. The maximum Gasteiger partial charge on any atom is 0.189 e. The van der Waals surface area contributed by atoms with E-state index in [2.05, 4.69) is 16.8 Å². The van der Waals surface area contributed by atoms with E-state index in [-0.39, 0.29) is 11.2 Å². The van der Waals surface area contributed by atoms with E-state index in [1.165, 1.54) is 12.1 Å². The molecule has 0 fully saturated rings. The van der Waals surface area contributed by atoms with Gasteiger partial charge in [0.15, 0.2) is 5.43 Å². The molecule has 3 rings (SSSR count). The lowest BCUT2D eigenvalue weighted by molar-refractivity contribution is 0.268. The van der Waals surface area contributed by atoms with Crippen LogP contribution in [0.4, 0.5) is 4.39 Å². The highest BCUT2D eigenvalue weighted by atomic mass is 35.5. The highest BCUT2D eigenvalue weighted by Gasteiger charge is 2.08. The standard InChI is InChI=1S/C19H18ClFN2O/c1-2-23(11-13-3-6-15(21)7-4-13)12-16-10-19(24)17-9-14(20)5-8-18(17)22-16/h3-10H,2,11-12H2,1H3,(H,22,24). The molecule has 1 heterocycles. The first-order valence-corrected chi connectivity index (χ1v) is 8.21. The molecule has 0 saturated heterocycles. The number of fused-ring (bicyclic) bond motifs is 1. The summed E-state index contributed by atoms with van der Waals surface area (Å²) in [5.41, 5.74) is 2.62. The zero-order chi connectivity index (χ0) is 17.1. The molecule has 0 atom stereocenters. The van der Waals surface area contributed by atoms with E-state index < -0.39 is 0 Å². The number of hydrogen-bond donors (Lipinski definition) is 1. The third-order valence-corrected chi connectivity index (χ3v) is 4.24. The van der Waals surface area contributed by atoms with E-state index in [0.29, 0.717) is 23.5 Å². The summed E-state index contributed by atoms with van der Waals surface area (Å²) >= 11 is 5.95. The summed E-state index contributed by atoms with van der Waals surface area (Å²) in [5.74, 6) is -0.237. The van der Waals surface area contributed by atoms with Crippen LogP contribution in [0.1, 0.15) is 18.2 Å². The number of aromatic amines is 1. The second kappa shape index (κ2) is 7.16. The average Bonchev–Trinajstić information content (AvgIpc) is 2.57. The van der Waals surface area contributed by atoms with E-state index in [9.17, 15) is 9.18 Å². The first kappa shape index (κ1) is 16.7. The van der Waals surface area contributed by atoms with Gasteiger partial charge in [-0.3, -0.25) is 9.69 Å². The summed E-state index contributed by atoms with van der Waals surface area (Å²) in [6, 6.07) is 13.4. The Kier molecular flexibility index (Phi) is 4.97. The van der Waals surface area contributed by atoms with Crippen molar-refractivity contribution in [3.05, 3.63) is 80.9 Å². The fourth-order valence-electron chi connectivity index (χ4n) is 2.73. The monoisotopic (exact) mass is 344 g/mol. The van der Waals surface area contributed by atoms with Crippen molar-refractivity contribution < 1.29 is 4.39 Å². The van der Waals surface area contributed by atoms with Crippen molar-refractivity contribution in [2.75, 3.05) is 6.54 Å². The lowest BCUT2D eigenvalue weighted by Gasteiger charge is -2.20. The molecule has 1 aromatic heterocycles. The molecule has 0 unspecified atom stereocenters. The van der Waals surface area contributed by atoms with Crippen LogP contribution < -0.4 is 5.43 Å². The molecule has 0 bridgehead atoms. The van der Waals surface area contributed by atoms with Crippen LogP contribution in [-0.2, 0) is 13.1 Å². The van der Waals surface area contributed by atoms with Gasteiger partial charge >= 0.3 is 0 Å². The van der Waals surface area contributed by atoms with Crippen LogP contribution in [0.25, 0.3) is 10.9 Å². The van der Waals surface area contributed by atoms with Crippen LogP contribution >= 0.6 is 11.6 Å². The fourth-order valence-corrected chi connectivity index (χ4v) is 2.90. The maximum absolute atomic E-state index is 13.0. The first-order valence-electron chi connectivity index (χ1n) is 7.83. The van der Waals surface area contributed by atoms with E-state index in [1.807, 2.05) is 6.07 Å². The molecular weight excluding hydrogens is 327 g/mol. The Labute approximate surface area is 144 Å². The highest BCUT2D eigenvalue weighted by Crippen LogP contribution is 2.16. The fraction of sp³-hybridized carbons (Fsp3) is 0.211. The minimum absolute atomic E-state index is 0.0425. The molecule has 0 saturated carbocycles. The second-order valence-electron chi connectivity index (χ2n) is 5.78. The van der Waals surface area contributed by atoms with Gasteiger partial charge in [0.2, 0.25) is 0 Å². The molecule has 24 heavy (non-hydrogen) atoms. The maximum atomic E-state index is 13.0. The number of aromatic nitrogens is 1. The van der Waals surface area contributed by atoms with Gasteiger partial charge in [-0.2, -0.15) is 0 Å². The molecule has 2 aromatic carbocycles. The number of hydrogen-bond acceptors (Lipinski definition) is 2. The van der Waals surface area contributed by atoms with Gasteiger partial charge in [-0.05, 0) is 42.4 Å². The van der Waals surface area contributed by atoms with Gasteiger partial charge in [0.25, 0.3) is 0 Å². The molecular formula is C19H18ClFN2O. The predicted molar refractivity (Wildman–Crippen MR) is 95.8 cm³/mol. The van der Waals surface area contributed by atoms with Crippen LogP contribution in [0.5, 0.6) is 0 Å². The molecule has 5 heteroatoms. The smallest absolute Gasteiger partial charge is 0.189 e. The minimum atomic E-state index is -0.237. The highest BCUT2D eigenvalue weighted by molar-refractivity contribution is 6.31. The van der Waals surface area contributed by atoms with Gasteiger partial charge in [0.1, 0.15) is 5.82 Å². The number of nitrogens with zero attached hydrogens (tertiary/aromatic N) is 1. The third kappa shape index (κ3) is 3.83. The molecule has 0 spiro atoms. The van der Waals surface area contributed by atoms with Crippen molar-refractivity contribution in [1.29, 1.82) is 0 Å². The third-order valence-electron chi connectivity index (χ3n) is 4.01. The van der Waals surface area contributed by atoms with E-state index in [0.717, 1.165) is 23.3 Å². The Morgan fingerprint density at radius 1 is 1.08 bits per heavy atom. The minimum Gasteiger partial charge on any atom is -0.357 e. The largest absolute Gasteiger partial charge is 0.357 e. The Balaban J connectivity index is 1.83. The Hall–Kier alpha value is -2.17. The van der Waals surface area contributed by atoms with Crippen molar-refractivity contribution in [3.63, 3.8) is 0 Å². The van der Waals surface area contributed by atoms with Crippen molar-refractivity contribution in [3.8, 4) is 0 Å². The Morgan fingerprint density at radius 2 is 1.83 bits per heavy atom. The van der Waals surface area contributed by atoms with Gasteiger partial charge in [-0.15, -0.1) is 0 Å². The molecule has 3 nitrogen and oxygen atoms in total. The molecule has 3 aromatic rings. The van der Waals surface area contributed by atoms with Crippen LogP contribution in [0, 0.1) is 5.82 Å². The van der Waals surface area contributed by atoms with Crippen molar-refractivity contribution in [1.82, 2.24) is 9.88 Å². The summed E-state index contributed by atoms with van der Waals surface area (Å²) < 4.78 is 13.0. The Bertz CT molecular complexity index is 905. The van der Waals surface area contributed by atoms with Gasteiger partial charge in [0, 0.05) is 40.8 Å². The summed E-state index contributed by atoms with van der Waals surface area (Å²) in [6.45, 7) is 4.18. The molecule has 124 valence electrons. The van der Waals surface area contributed by atoms with Gasteiger partial charge < -0.3 is 4.98 Å². The Morgan fingerprint density at radius 3 is 2.54 bits per heavy atom. The lowest BCUT2D eigenvalue weighted by Crippen LogP contribution is -2.23. The number of pyridine rings is 1. The zero-order valence-corrected chi connectivity index (χ0v) is 14.1. The summed E-state index contributed by atoms with van der Waals surface area (Å²) in [4.78, 5) is 17.8. The molecule has 0 amide bonds. The first-order chi connectivity index (χ1) is 11.5. The topological polar surface area (TPSA) is 36.1 Å². The molecule has 0 aliphatic rings. The van der Waals surface area contributed by atoms with E-state index in [4.69, 9.17) is 11.6 Å². The van der Waals surface area contributed by atoms with Crippen LogP contribution in [0.3, 0.4) is 0 Å². The SMILES string of the molecule is CCN(Cc1ccc(F)cc1)Cc1cc(=O)c2cc(Cl)ccc2[nH]1. The lowest BCUT2D eigenvalue weighted by atomic mass is 10.1. The van der Waals surface area contributed by atoms with Gasteiger partial charge in [-0.1, -0.05) is 30.7 Å². The van der Waals surface area contributed by atoms with Crippen molar-refractivity contribution in [2.45, 2.75) is 20.0 Å². The molecule has 1 N–H and O–H groups in total. The van der Waals surface area contributed by atoms with Crippen molar-refractivity contribution >= 4 is 22.5 Å². The van der Waals surface area contributed by atoms with Crippen LogP contribution in [0.15, 0.2) is 53.3 Å². The number of benzene rings is 2. The van der Waals surface area contributed by atoms with E-state index >= 15 is 0 Å². The summed E-state index contributed by atoms with van der Waals surface area (Å²) in [7, 11) is 0. The number of rotatable bonds is 5. The molecule has 0 aliphatic carbocycles. The van der Waals surface area contributed by atoms with E-state index in [1.54, 1.807) is 30.3 Å². The number of nitrogens with one attached hydrogen (secondary N) is 1. The quantitative estimate of drug-likeness (QED) is 0.747. The summed E-state index contributed by atoms with van der Waals surface area (Å²) in [6.07, 6.45) is 0. The number of H-pyrrole nitrogens is 1. The second-order valence-corrected chi connectivity index (χ2v) is 6.21. The zero-order valence-electron chi connectivity index (χ0n) is 13.4. The van der Waals surface area contributed by atoms with Crippen molar-refractivity contribution in [2.24, 2.45) is 0 Å². The molecule has 0 radical (unpaired) electrons. The normalized spacial score (nSPS) is 11.3. The number of halogens is 2. The van der Waals surface area contributed by atoms with Crippen LogP contribution in [-0.4, -0.2) is 16.4 Å². The van der Waals surface area contributed by atoms with Gasteiger partial charge in [-0.25, -0.2) is 4.39 Å². The predicted octanol–water partition coefficient (Wildman–Crippen LogP) is 4.34. The van der Waals surface area contributed by atoms with Gasteiger partial charge in [0.05, 0.1) is 0 Å². The molecule has 0 aliphatic heterocycles. The van der Waals surface area contributed by atoms with Crippen LogP contribution in [0.2, 0.25) is 5.02 Å².